The van der Waals surface area contributed by atoms with Gasteiger partial charge in [0.1, 0.15) is 10.8 Å². The molecule has 21 heavy (non-hydrogen) atoms. The number of benzene rings is 1. The topological polar surface area (TPSA) is 88.0 Å². The maximum atomic E-state index is 13.8. The number of nitrogens with one attached hydrogen (secondary N) is 2. The van der Waals surface area contributed by atoms with Crippen LogP contribution in [-0.4, -0.2) is 15.9 Å². The molecular formula is C14H12FN3O2S. The highest BCUT2D eigenvalue weighted by Crippen LogP contribution is 2.10. The first kappa shape index (κ1) is 14.9. The van der Waals surface area contributed by atoms with Crippen LogP contribution in [0.5, 0.6) is 0 Å². The molecule has 0 bridgehead atoms. The minimum Gasteiger partial charge on any atom is -0.389 e. The van der Waals surface area contributed by atoms with Crippen molar-refractivity contribution in [2.24, 2.45) is 5.73 Å². The molecule has 1 aromatic heterocycles. The van der Waals surface area contributed by atoms with Gasteiger partial charge in [0, 0.05) is 35.5 Å². The molecular weight excluding hydrogens is 293 g/mol. The molecule has 1 amide bonds. The fourth-order valence-corrected chi connectivity index (χ4v) is 1.83. The molecule has 7 heteroatoms. The van der Waals surface area contributed by atoms with E-state index >= 15 is 0 Å². The second-order valence-corrected chi connectivity index (χ2v) is 4.73. The maximum absolute atomic E-state index is 13.8. The van der Waals surface area contributed by atoms with Crippen LogP contribution in [0.3, 0.4) is 0 Å². The molecule has 0 atom stereocenters. The molecule has 1 heterocycles. The molecule has 4 N–H and O–H groups in total. The number of carbonyl (C=O) groups excluding carboxylic acids is 1. The molecule has 2 aromatic rings. The predicted molar refractivity (Wildman–Crippen MR) is 80.5 cm³/mol. The Hall–Kier alpha value is -2.54. The molecule has 0 aliphatic rings. The van der Waals surface area contributed by atoms with Crippen molar-refractivity contribution in [1.82, 2.24) is 10.3 Å². The lowest BCUT2D eigenvalue weighted by Crippen LogP contribution is -2.24. The standard InChI is InChI=1S/C14H12FN3O2S/c15-11-5-8(13(16)21)1-2-10(11)7-18-14(20)9-3-4-17-12(19)6-9/h1-6H,7H2,(H2,16,21)(H,17,19)(H,18,20). The van der Waals surface area contributed by atoms with Gasteiger partial charge in [0.25, 0.3) is 5.91 Å². The summed E-state index contributed by atoms with van der Waals surface area (Å²) in [5, 5.41) is 2.54. The number of amides is 1. The van der Waals surface area contributed by atoms with E-state index in [1.165, 1.54) is 30.5 Å². The van der Waals surface area contributed by atoms with Crippen LogP contribution < -0.4 is 16.6 Å². The van der Waals surface area contributed by atoms with E-state index in [2.05, 4.69) is 10.3 Å². The number of aromatic amines is 1. The van der Waals surface area contributed by atoms with Crippen molar-refractivity contribution in [2.45, 2.75) is 6.54 Å². The Morgan fingerprint density at radius 1 is 1.29 bits per heavy atom. The number of H-pyrrole nitrogens is 1. The van der Waals surface area contributed by atoms with Crippen LogP contribution in [0.25, 0.3) is 0 Å². The van der Waals surface area contributed by atoms with E-state index in [1.54, 1.807) is 6.07 Å². The van der Waals surface area contributed by atoms with Gasteiger partial charge in [-0.05, 0) is 12.1 Å². The van der Waals surface area contributed by atoms with Crippen LogP contribution in [0, 0.1) is 5.82 Å². The van der Waals surface area contributed by atoms with Crippen molar-refractivity contribution in [2.75, 3.05) is 0 Å². The number of aromatic nitrogens is 1. The fourth-order valence-electron chi connectivity index (χ4n) is 1.71. The lowest BCUT2D eigenvalue weighted by Gasteiger charge is -2.07. The van der Waals surface area contributed by atoms with Crippen molar-refractivity contribution in [3.8, 4) is 0 Å². The van der Waals surface area contributed by atoms with Gasteiger partial charge >= 0.3 is 0 Å². The molecule has 5 nitrogen and oxygen atoms in total. The van der Waals surface area contributed by atoms with Crippen LogP contribution in [0.1, 0.15) is 21.5 Å². The molecule has 0 radical (unpaired) electrons. The average Bonchev–Trinajstić information content (AvgIpc) is 2.45. The third kappa shape index (κ3) is 3.73. The van der Waals surface area contributed by atoms with Gasteiger partial charge in [0.15, 0.2) is 0 Å². The second kappa shape index (κ2) is 6.27. The highest BCUT2D eigenvalue weighted by molar-refractivity contribution is 7.80. The number of hydrogen-bond acceptors (Lipinski definition) is 3. The summed E-state index contributed by atoms with van der Waals surface area (Å²) in [6, 6.07) is 6.93. The number of carbonyl (C=O) groups is 1. The quantitative estimate of drug-likeness (QED) is 0.738. The van der Waals surface area contributed by atoms with Crippen LogP contribution in [-0.2, 0) is 6.54 Å². The van der Waals surface area contributed by atoms with Gasteiger partial charge in [-0.15, -0.1) is 0 Å². The Labute approximate surface area is 125 Å². The minimum atomic E-state index is -0.508. The molecule has 0 unspecified atom stereocenters. The van der Waals surface area contributed by atoms with Crippen LogP contribution in [0.4, 0.5) is 4.39 Å². The van der Waals surface area contributed by atoms with E-state index in [4.69, 9.17) is 18.0 Å². The molecule has 0 aliphatic carbocycles. The number of pyridine rings is 1. The van der Waals surface area contributed by atoms with Gasteiger partial charge in [0.2, 0.25) is 5.56 Å². The van der Waals surface area contributed by atoms with Crippen molar-refractivity contribution < 1.29 is 9.18 Å². The van der Waals surface area contributed by atoms with Crippen molar-refractivity contribution in [3.05, 3.63) is 69.4 Å². The summed E-state index contributed by atoms with van der Waals surface area (Å²) >= 11 is 4.76. The van der Waals surface area contributed by atoms with Gasteiger partial charge in [-0.3, -0.25) is 9.59 Å². The molecule has 0 spiro atoms. The molecule has 0 saturated heterocycles. The Kier molecular flexibility index (Phi) is 4.44. The van der Waals surface area contributed by atoms with E-state index in [9.17, 15) is 14.0 Å². The van der Waals surface area contributed by atoms with Gasteiger partial charge in [0.05, 0.1) is 0 Å². The predicted octanol–water partition coefficient (Wildman–Crippen LogP) is 1.08. The lowest BCUT2D eigenvalue weighted by atomic mass is 10.1. The summed E-state index contributed by atoms with van der Waals surface area (Å²) in [5.74, 6) is -0.967. The molecule has 0 fully saturated rings. The first-order valence-corrected chi connectivity index (χ1v) is 6.43. The molecule has 108 valence electrons. The summed E-state index contributed by atoms with van der Waals surface area (Å²) < 4.78 is 13.8. The molecule has 0 saturated carbocycles. The van der Waals surface area contributed by atoms with Crippen LogP contribution in [0.15, 0.2) is 41.3 Å². The Morgan fingerprint density at radius 3 is 2.67 bits per heavy atom. The summed E-state index contributed by atoms with van der Waals surface area (Å²) in [6.45, 7) is -0.00488. The summed E-state index contributed by atoms with van der Waals surface area (Å²) in [7, 11) is 0. The van der Waals surface area contributed by atoms with E-state index in [0.29, 0.717) is 11.1 Å². The molecule has 2 rings (SSSR count). The largest absolute Gasteiger partial charge is 0.389 e. The zero-order chi connectivity index (χ0) is 15.4. The van der Waals surface area contributed by atoms with Crippen LogP contribution in [0.2, 0.25) is 0 Å². The number of halogens is 1. The van der Waals surface area contributed by atoms with Crippen molar-refractivity contribution >= 4 is 23.1 Å². The monoisotopic (exact) mass is 305 g/mol. The highest BCUT2D eigenvalue weighted by Gasteiger charge is 2.09. The number of rotatable bonds is 4. The van der Waals surface area contributed by atoms with Gasteiger partial charge in [-0.2, -0.15) is 0 Å². The van der Waals surface area contributed by atoms with E-state index in [-0.39, 0.29) is 22.7 Å². The third-order valence-electron chi connectivity index (χ3n) is 2.81. The first-order chi connectivity index (χ1) is 9.97. The van der Waals surface area contributed by atoms with E-state index < -0.39 is 11.7 Å². The number of hydrogen-bond donors (Lipinski definition) is 3. The Bertz CT molecular complexity index is 758. The average molecular weight is 305 g/mol. The number of nitrogens with two attached hydrogens (primary N) is 1. The number of thiocarbonyl (C=S) groups is 1. The minimum absolute atomic E-state index is 0.00488. The summed E-state index contributed by atoms with van der Waals surface area (Å²) in [5.41, 5.74) is 5.96. The Balaban J connectivity index is 2.08. The normalized spacial score (nSPS) is 10.1. The summed E-state index contributed by atoms with van der Waals surface area (Å²) in [4.78, 5) is 25.4. The molecule has 0 aliphatic heterocycles. The van der Waals surface area contributed by atoms with Gasteiger partial charge in [-0.25, -0.2) is 4.39 Å². The first-order valence-electron chi connectivity index (χ1n) is 6.02. The lowest BCUT2D eigenvalue weighted by molar-refractivity contribution is 0.0950. The summed E-state index contributed by atoms with van der Waals surface area (Å²) in [6.07, 6.45) is 1.37. The smallest absolute Gasteiger partial charge is 0.251 e. The van der Waals surface area contributed by atoms with Crippen LogP contribution >= 0.6 is 12.2 Å². The van der Waals surface area contributed by atoms with Gasteiger partial charge < -0.3 is 16.0 Å². The van der Waals surface area contributed by atoms with Gasteiger partial charge in [-0.1, -0.05) is 24.4 Å². The SMILES string of the molecule is NC(=S)c1ccc(CNC(=O)c2cc[nH]c(=O)c2)c(F)c1. The van der Waals surface area contributed by atoms with E-state index in [1.807, 2.05) is 0 Å². The zero-order valence-corrected chi connectivity index (χ0v) is 11.7. The highest BCUT2D eigenvalue weighted by atomic mass is 32.1. The second-order valence-electron chi connectivity index (χ2n) is 4.29. The Morgan fingerprint density at radius 2 is 2.05 bits per heavy atom. The van der Waals surface area contributed by atoms with Crippen molar-refractivity contribution in [3.63, 3.8) is 0 Å². The molecule has 1 aromatic carbocycles. The third-order valence-corrected chi connectivity index (χ3v) is 3.05. The van der Waals surface area contributed by atoms with E-state index in [0.717, 1.165) is 0 Å². The fraction of sp³-hybridized carbons (Fsp3) is 0.0714. The van der Waals surface area contributed by atoms with Crippen molar-refractivity contribution in [1.29, 1.82) is 0 Å². The zero-order valence-electron chi connectivity index (χ0n) is 10.9. The maximum Gasteiger partial charge on any atom is 0.251 e.